The molecule has 0 saturated carbocycles. The Balaban J connectivity index is 1.65. The van der Waals surface area contributed by atoms with E-state index in [4.69, 9.17) is 16.3 Å². The third-order valence-corrected chi connectivity index (χ3v) is 5.32. The first-order valence-electron chi connectivity index (χ1n) is 8.08. The molecule has 1 atom stereocenters. The van der Waals surface area contributed by atoms with Gasteiger partial charge in [-0.1, -0.05) is 11.6 Å². The SMILES string of the molecule is COc1ccc2c(c1)C1(CCN(C(=O)c3ccc(Cl)cc3)C1)C(=O)N2. The summed E-state index contributed by atoms with van der Waals surface area (Å²) in [7, 11) is 1.60. The second-order valence-electron chi connectivity index (χ2n) is 6.43. The van der Waals surface area contributed by atoms with E-state index in [0.717, 1.165) is 11.3 Å². The molecule has 1 spiro atoms. The summed E-state index contributed by atoms with van der Waals surface area (Å²) in [6.07, 6.45) is 0.596. The van der Waals surface area contributed by atoms with Crippen molar-refractivity contribution in [3.8, 4) is 5.75 Å². The molecule has 128 valence electrons. The number of likely N-dealkylation sites (tertiary alicyclic amines) is 1. The van der Waals surface area contributed by atoms with Gasteiger partial charge in [0.2, 0.25) is 5.91 Å². The van der Waals surface area contributed by atoms with Crippen LogP contribution in [0.2, 0.25) is 5.02 Å². The number of nitrogens with zero attached hydrogens (tertiary/aromatic N) is 1. The Morgan fingerprint density at radius 3 is 2.72 bits per heavy atom. The van der Waals surface area contributed by atoms with Crippen LogP contribution in [0.25, 0.3) is 0 Å². The van der Waals surface area contributed by atoms with E-state index in [1.54, 1.807) is 36.3 Å². The van der Waals surface area contributed by atoms with Crippen molar-refractivity contribution in [2.45, 2.75) is 11.8 Å². The molecule has 2 aliphatic heterocycles. The van der Waals surface area contributed by atoms with Gasteiger partial charge in [-0.15, -0.1) is 0 Å². The van der Waals surface area contributed by atoms with Gasteiger partial charge in [0.15, 0.2) is 0 Å². The highest BCUT2D eigenvalue weighted by Gasteiger charge is 2.52. The van der Waals surface area contributed by atoms with Crippen molar-refractivity contribution in [1.82, 2.24) is 4.90 Å². The topological polar surface area (TPSA) is 58.6 Å². The molecule has 4 rings (SSSR count). The number of rotatable bonds is 2. The zero-order valence-electron chi connectivity index (χ0n) is 13.7. The highest BCUT2D eigenvalue weighted by atomic mass is 35.5. The molecule has 0 radical (unpaired) electrons. The van der Waals surface area contributed by atoms with Crippen LogP contribution in [0.4, 0.5) is 5.69 Å². The smallest absolute Gasteiger partial charge is 0.253 e. The van der Waals surface area contributed by atoms with Gasteiger partial charge in [-0.3, -0.25) is 9.59 Å². The number of benzene rings is 2. The molecule has 25 heavy (non-hydrogen) atoms. The van der Waals surface area contributed by atoms with Crippen molar-refractivity contribution in [3.05, 3.63) is 58.6 Å². The van der Waals surface area contributed by atoms with Crippen LogP contribution in [0.1, 0.15) is 22.3 Å². The van der Waals surface area contributed by atoms with Gasteiger partial charge in [0, 0.05) is 29.4 Å². The molecule has 2 heterocycles. The fourth-order valence-electron chi connectivity index (χ4n) is 3.68. The van der Waals surface area contributed by atoms with E-state index in [2.05, 4.69) is 5.32 Å². The molecule has 2 aromatic rings. The molecule has 2 amide bonds. The Labute approximate surface area is 150 Å². The number of anilines is 1. The zero-order chi connectivity index (χ0) is 17.6. The van der Waals surface area contributed by atoms with Crippen molar-refractivity contribution >= 4 is 29.1 Å². The Kier molecular flexibility index (Phi) is 3.69. The number of ether oxygens (including phenoxy) is 1. The summed E-state index contributed by atoms with van der Waals surface area (Å²) in [5.74, 6) is 0.567. The Hall–Kier alpha value is -2.53. The van der Waals surface area contributed by atoms with Gasteiger partial charge in [0.1, 0.15) is 5.75 Å². The second-order valence-corrected chi connectivity index (χ2v) is 6.87. The molecule has 0 aliphatic carbocycles. The number of nitrogens with one attached hydrogen (secondary N) is 1. The highest BCUT2D eigenvalue weighted by molar-refractivity contribution is 6.30. The van der Waals surface area contributed by atoms with E-state index in [9.17, 15) is 9.59 Å². The van der Waals surface area contributed by atoms with Gasteiger partial charge in [-0.05, 0) is 54.4 Å². The number of hydrogen-bond donors (Lipinski definition) is 1. The predicted molar refractivity (Wildman–Crippen MR) is 95.3 cm³/mol. The minimum absolute atomic E-state index is 0.0536. The minimum atomic E-state index is -0.702. The van der Waals surface area contributed by atoms with E-state index in [1.807, 2.05) is 18.2 Å². The van der Waals surface area contributed by atoms with Gasteiger partial charge in [0.25, 0.3) is 5.91 Å². The zero-order valence-corrected chi connectivity index (χ0v) is 14.5. The van der Waals surface area contributed by atoms with E-state index >= 15 is 0 Å². The number of amides is 2. The molecule has 1 unspecified atom stereocenters. The van der Waals surface area contributed by atoms with Crippen molar-refractivity contribution < 1.29 is 14.3 Å². The summed E-state index contributed by atoms with van der Waals surface area (Å²) in [6, 6.07) is 12.4. The fourth-order valence-corrected chi connectivity index (χ4v) is 3.81. The van der Waals surface area contributed by atoms with E-state index < -0.39 is 5.41 Å². The molecule has 2 aromatic carbocycles. The highest BCUT2D eigenvalue weighted by Crippen LogP contribution is 2.45. The summed E-state index contributed by atoms with van der Waals surface area (Å²) in [5, 5.41) is 3.53. The molecular formula is C19H17ClN2O3. The Morgan fingerprint density at radius 2 is 2.00 bits per heavy atom. The van der Waals surface area contributed by atoms with E-state index in [-0.39, 0.29) is 11.8 Å². The molecule has 1 fully saturated rings. The lowest BCUT2D eigenvalue weighted by Crippen LogP contribution is -2.39. The molecule has 6 heteroatoms. The third kappa shape index (κ3) is 2.46. The average Bonchev–Trinajstić information content (AvgIpc) is 3.18. The van der Waals surface area contributed by atoms with Crippen LogP contribution in [-0.4, -0.2) is 36.9 Å². The van der Waals surface area contributed by atoms with Crippen LogP contribution in [0, 0.1) is 0 Å². The summed E-state index contributed by atoms with van der Waals surface area (Å²) < 4.78 is 5.30. The van der Waals surface area contributed by atoms with E-state index in [1.165, 1.54) is 0 Å². The summed E-state index contributed by atoms with van der Waals surface area (Å²) in [5.41, 5.74) is 1.58. The molecule has 1 saturated heterocycles. The van der Waals surface area contributed by atoms with Crippen LogP contribution >= 0.6 is 11.6 Å². The van der Waals surface area contributed by atoms with Gasteiger partial charge in [0.05, 0.1) is 12.5 Å². The first-order valence-corrected chi connectivity index (χ1v) is 8.46. The standard InChI is InChI=1S/C19H17ClN2O3/c1-25-14-6-7-16-15(10-14)19(18(24)21-16)8-9-22(11-19)17(23)12-2-4-13(20)5-3-12/h2-7,10H,8-9,11H2,1H3,(H,21,24). The lowest BCUT2D eigenvalue weighted by molar-refractivity contribution is -0.120. The normalized spacial score (nSPS) is 21.4. The van der Waals surface area contributed by atoms with Gasteiger partial charge in [-0.25, -0.2) is 0 Å². The van der Waals surface area contributed by atoms with Gasteiger partial charge < -0.3 is 15.0 Å². The molecule has 2 aliphatic rings. The molecule has 0 aromatic heterocycles. The van der Waals surface area contributed by atoms with Crippen LogP contribution in [0.3, 0.4) is 0 Å². The number of halogens is 1. The maximum Gasteiger partial charge on any atom is 0.253 e. The van der Waals surface area contributed by atoms with Crippen LogP contribution < -0.4 is 10.1 Å². The number of fused-ring (bicyclic) bond motifs is 2. The number of carbonyl (C=O) groups excluding carboxylic acids is 2. The predicted octanol–water partition coefficient (Wildman–Crippen LogP) is 3.08. The average molecular weight is 357 g/mol. The maximum absolute atomic E-state index is 12.8. The van der Waals surface area contributed by atoms with Gasteiger partial charge >= 0.3 is 0 Å². The fraction of sp³-hybridized carbons (Fsp3) is 0.263. The Morgan fingerprint density at radius 1 is 1.24 bits per heavy atom. The lowest BCUT2D eigenvalue weighted by atomic mass is 9.81. The maximum atomic E-state index is 12.8. The first kappa shape index (κ1) is 16.0. The Bertz CT molecular complexity index is 865. The van der Waals surface area contributed by atoms with Gasteiger partial charge in [-0.2, -0.15) is 0 Å². The third-order valence-electron chi connectivity index (χ3n) is 5.07. The molecule has 0 bridgehead atoms. The van der Waals surface area contributed by atoms with Crippen molar-refractivity contribution in [1.29, 1.82) is 0 Å². The van der Waals surface area contributed by atoms with Crippen molar-refractivity contribution in [2.75, 3.05) is 25.5 Å². The van der Waals surface area contributed by atoms with Crippen LogP contribution in [0.15, 0.2) is 42.5 Å². The number of methoxy groups -OCH3 is 1. The van der Waals surface area contributed by atoms with E-state index in [0.29, 0.717) is 35.8 Å². The monoisotopic (exact) mass is 356 g/mol. The first-order chi connectivity index (χ1) is 12.0. The van der Waals surface area contributed by atoms with Crippen molar-refractivity contribution in [2.24, 2.45) is 0 Å². The van der Waals surface area contributed by atoms with Crippen molar-refractivity contribution in [3.63, 3.8) is 0 Å². The molecule has 1 N–H and O–H groups in total. The largest absolute Gasteiger partial charge is 0.497 e. The number of carbonyl (C=O) groups is 2. The quantitative estimate of drug-likeness (QED) is 0.899. The van der Waals surface area contributed by atoms with Crippen LogP contribution in [-0.2, 0) is 10.2 Å². The molecular weight excluding hydrogens is 340 g/mol. The number of hydrogen-bond acceptors (Lipinski definition) is 3. The minimum Gasteiger partial charge on any atom is -0.497 e. The summed E-state index contributed by atoms with van der Waals surface area (Å²) in [4.78, 5) is 27.2. The second kappa shape index (κ2) is 5.77. The van der Waals surface area contributed by atoms with Crippen LogP contribution in [0.5, 0.6) is 5.75 Å². The summed E-state index contributed by atoms with van der Waals surface area (Å²) in [6.45, 7) is 0.895. The molecule has 5 nitrogen and oxygen atoms in total. The summed E-state index contributed by atoms with van der Waals surface area (Å²) >= 11 is 5.89. The lowest BCUT2D eigenvalue weighted by Gasteiger charge is -2.23.